The number of ether oxygens (including phenoxy) is 1. The molecule has 100 valence electrons. The van der Waals surface area contributed by atoms with Gasteiger partial charge in [-0.05, 0) is 6.92 Å². The van der Waals surface area contributed by atoms with Gasteiger partial charge in [0, 0.05) is 24.2 Å². The van der Waals surface area contributed by atoms with Gasteiger partial charge in [0.1, 0.15) is 6.54 Å². The molecule has 2 rings (SSSR count). The van der Waals surface area contributed by atoms with Gasteiger partial charge in [-0.15, -0.1) is 0 Å². The van der Waals surface area contributed by atoms with E-state index in [2.05, 4.69) is 0 Å². The van der Waals surface area contributed by atoms with Crippen LogP contribution in [0, 0.1) is 6.92 Å². The van der Waals surface area contributed by atoms with Crippen molar-refractivity contribution >= 4 is 17.2 Å². The summed E-state index contributed by atoms with van der Waals surface area (Å²) in [4.78, 5) is 25.1. The first-order chi connectivity index (χ1) is 8.61. The Hall–Kier alpha value is -1.18. The van der Waals surface area contributed by atoms with Crippen molar-refractivity contribution in [2.24, 2.45) is 0 Å². The summed E-state index contributed by atoms with van der Waals surface area (Å²) in [5, 5.41) is 10.8. The van der Waals surface area contributed by atoms with E-state index in [0.717, 1.165) is 17.0 Å². The second-order valence-electron chi connectivity index (χ2n) is 4.24. The fourth-order valence-corrected chi connectivity index (χ4v) is 2.62. The predicted molar refractivity (Wildman–Crippen MR) is 66.7 cm³/mol. The van der Waals surface area contributed by atoms with E-state index in [4.69, 9.17) is 9.84 Å². The predicted octanol–water partition coefficient (Wildman–Crippen LogP) is -0.562. The summed E-state index contributed by atoms with van der Waals surface area (Å²) in [6, 6.07) is 0. The second-order valence-corrected chi connectivity index (χ2v) is 5.06. The van der Waals surface area contributed by atoms with Crippen molar-refractivity contribution in [1.82, 2.24) is 9.47 Å². The van der Waals surface area contributed by atoms with Crippen LogP contribution in [-0.2, 0) is 16.1 Å². The van der Waals surface area contributed by atoms with Gasteiger partial charge < -0.3 is 14.7 Å². The highest BCUT2D eigenvalue weighted by Crippen LogP contribution is 2.07. The Morgan fingerprint density at radius 1 is 1.67 bits per heavy atom. The molecule has 2 heterocycles. The van der Waals surface area contributed by atoms with E-state index in [1.807, 2.05) is 0 Å². The summed E-state index contributed by atoms with van der Waals surface area (Å²) in [5.41, 5.74) is 0.797. The molecule has 1 amide bonds. The topological polar surface area (TPSA) is 71.8 Å². The summed E-state index contributed by atoms with van der Waals surface area (Å²) in [7, 11) is 0. The van der Waals surface area contributed by atoms with Gasteiger partial charge in [0.15, 0.2) is 0 Å². The van der Waals surface area contributed by atoms with Gasteiger partial charge in [0.2, 0.25) is 5.91 Å². The Labute approximate surface area is 108 Å². The van der Waals surface area contributed by atoms with E-state index < -0.39 is 0 Å². The first-order valence-electron chi connectivity index (χ1n) is 5.77. The third-order valence-corrected chi connectivity index (χ3v) is 3.85. The molecule has 0 spiro atoms. The number of aromatic nitrogens is 1. The number of rotatable bonds is 3. The highest BCUT2D eigenvalue weighted by molar-refractivity contribution is 7.07. The van der Waals surface area contributed by atoms with Gasteiger partial charge in [0.05, 0.1) is 19.3 Å². The van der Waals surface area contributed by atoms with Crippen LogP contribution in [0.5, 0.6) is 0 Å². The smallest absolute Gasteiger partial charge is 0.307 e. The molecular formula is C11H16N2O4S. The molecule has 0 aromatic carbocycles. The SMILES string of the molecule is Cc1csc(=O)n1CC(=O)N1CCOC(CO)C1. The molecule has 0 bridgehead atoms. The standard InChI is InChI=1S/C11H16N2O4S/c1-8-7-18-11(16)13(8)5-10(15)12-2-3-17-9(4-12)6-14/h7,9,14H,2-6H2,1H3. The molecule has 1 atom stereocenters. The normalized spacial score (nSPS) is 20.1. The minimum atomic E-state index is -0.317. The van der Waals surface area contributed by atoms with E-state index in [0.29, 0.717) is 19.7 Å². The van der Waals surface area contributed by atoms with Gasteiger partial charge in [-0.2, -0.15) is 0 Å². The van der Waals surface area contributed by atoms with Crippen LogP contribution in [0.15, 0.2) is 10.2 Å². The van der Waals surface area contributed by atoms with Crippen molar-refractivity contribution in [3.05, 3.63) is 20.7 Å². The Morgan fingerprint density at radius 3 is 3.06 bits per heavy atom. The Balaban J connectivity index is 2.02. The maximum atomic E-state index is 12.1. The molecule has 1 aromatic rings. The molecule has 0 radical (unpaired) electrons. The molecular weight excluding hydrogens is 256 g/mol. The van der Waals surface area contributed by atoms with Gasteiger partial charge >= 0.3 is 4.87 Å². The Kier molecular flexibility index (Phi) is 4.15. The van der Waals surface area contributed by atoms with Crippen LogP contribution < -0.4 is 4.87 Å². The molecule has 1 aliphatic rings. The quantitative estimate of drug-likeness (QED) is 0.800. The number of aryl methyl sites for hydroxylation is 1. The lowest BCUT2D eigenvalue weighted by Crippen LogP contribution is -2.48. The van der Waals surface area contributed by atoms with Crippen LogP contribution in [0.2, 0.25) is 0 Å². The monoisotopic (exact) mass is 272 g/mol. The molecule has 1 saturated heterocycles. The van der Waals surface area contributed by atoms with E-state index in [1.54, 1.807) is 17.2 Å². The lowest BCUT2D eigenvalue weighted by molar-refractivity contribution is -0.140. The zero-order valence-corrected chi connectivity index (χ0v) is 11.0. The second kappa shape index (κ2) is 5.64. The van der Waals surface area contributed by atoms with Crippen molar-refractivity contribution in [1.29, 1.82) is 0 Å². The lowest BCUT2D eigenvalue weighted by atomic mass is 10.3. The lowest BCUT2D eigenvalue weighted by Gasteiger charge is -2.32. The van der Waals surface area contributed by atoms with Crippen LogP contribution in [0.25, 0.3) is 0 Å². The molecule has 1 unspecified atom stereocenters. The van der Waals surface area contributed by atoms with Gasteiger partial charge in [-0.3, -0.25) is 14.2 Å². The summed E-state index contributed by atoms with van der Waals surface area (Å²) in [5.74, 6) is -0.111. The van der Waals surface area contributed by atoms with Crippen LogP contribution in [0.1, 0.15) is 5.69 Å². The number of aliphatic hydroxyl groups is 1. The number of hydrogen-bond acceptors (Lipinski definition) is 5. The average molecular weight is 272 g/mol. The number of hydrogen-bond donors (Lipinski definition) is 1. The fourth-order valence-electron chi connectivity index (χ4n) is 1.89. The zero-order valence-electron chi connectivity index (χ0n) is 10.2. The number of amides is 1. The van der Waals surface area contributed by atoms with Crippen LogP contribution >= 0.6 is 11.3 Å². The van der Waals surface area contributed by atoms with Crippen molar-refractivity contribution in [3.63, 3.8) is 0 Å². The summed E-state index contributed by atoms with van der Waals surface area (Å²) in [6.07, 6.45) is -0.317. The maximum absolute atomic E-state index is 12.1. The maximum Gasteiger partial charge on any atom is 0.307 e. The molecule has 6 nitrogen and oxygen atoms in total. The molecule has 0 aliphatic carbocycles. The Bertz CT molecular complexity index is 482. The van der Waals surface area contributed by atoms with Gasteiger partial charge in [-0.1, -0.05) is 11.3 Å². The van der Waals surface area contributed by atoms with E-state index >= 15 is 0 Å². The average Bonchev–Trinajstić information content (AvgIpc) is 2.70. The molecule has 0 saturated carbocycles. The summed E-state index contributed by atoms with van der Waals surface area (Å²) in [6.45, 7) is 3.09. The zero-order chi connectivity index (χ0) is 13.1. The molecule has 1 N–H and O–H groups in total. The largest absolute Gasteiger partial charge is 0.394 e. The Morgan fingerprint density at radius 2 is 2.44 bits per heavy atom. The van der Waals surface area contributed by atoms with E-state index in [9.17, 15) is 9.59 Å². The molecule has 18 heavy (non-hydrogen) atoms. The van der Waals surface area contributed by atoms with E-state index in [1.165, 1.54) is 4.57 Å². The number of morpholine rings is 1. The summed E-state index contributed by atoms with van der Waals surface area (Å²) >= 11 is 1.10. The first-order valence-corrected chi connectivity index (χ1v) is 6.65. The number of aliphatic hydroxyl groups excluding tert-OH is 1. The first kappa shape index (κ1) is 13.3. The third-order valence-electron chi connectivity index (χ3n) is 2.96. The molecule has 1 aromatic heterocycles. The number of carbonyl (C=O) groups excluding carboxylic acids is 1. The fraction of sp³-hybridized carbons (Fsp3) is 0.636. The van der Waals surface area contributed by atoms with Crippen molar-refractivity contribution < 1.29 is 14.6 Å². The van der Waals surface area contributed by atoms with Crippen LogP contribution in [0.4, 0.5) is 0 Å². The third kappa shape index (κ3) is 2.80. The van der Waals surface area contributed by atoms with Crippen LogP contribution in [0.3, 0.4) is 0 Å². The van der Waals surface area contributed by atoms with Gasteiger partial charge in [0.25, 0.3) is 0 Å². The van der Waals surface area contributed by atoms with Crippen LogP contribution in [-0.4, -0.2) is 52.9 Å². The molecule has 1 fully saturated rings. The summed E-state index contributed by atoms with van der Waals surface area (Å²) < 4.78 is 6.75. The highest BCUT2D eigenvalue weighted by atomic mass is 32.1. The van der Waals surface area contributed by atoms with Crippen molar-refractivity contribution in [3.8, 4) is 0 Å². The molecule has 1 aliphatic heterocycles. The highest BCUT2D eigenvalue weighted by Gasteiger charge is 2.24. The van der Waals surface area contributed by atoms with E-state index in [-0.39, 0.29) is 30.0 Å². The number of thiazole rings is 1. The molecule has 7 heteroatoms. The minimum absolute atomic E-state index is 0.0618. The van der Waals surface area contributed by atoms with Crippen molar-refractivity contribution in [2.45, 2.75) is 19.6 Å². The van der Waals surface area contributed by atoms with Gasteiger partial charge in [-0.25, -0.2) is 0 Å². The van der Waals surface area contributed by atoms with Crippen molar-refractivity contribution in [2.75, 3.05) is 26.3 Å². The minimum Gasteiger partial charge on any atom is -0.394 e. The number of carbonyl (C=O) groups is 1. The number of nitrogens with zero attached hydrogens (tertiary/aromatic N) is 2.